The third kappa shape index (κ3) is 4.69. The van der Waals surface area contributed by atoms with Crippen molar-refractivity contribution in [2.24, 2.45) is 0 Å². The lowest BCUT2D eigenvalue weighted by Gasteiger charge is -2.29. The van der Waals surface area contributed by atoms with E-state index in [2.05, 4.69) is 69.3 Å². The fourth-order valence-corrected chi connectivity index (χ4v) is 5.19. The van der Waals surface area contributed by atoms with E-state index in [1.54, 1.807) is 7.11 Å². The maximum Gasteiger partial charge on any atom is 0.174 e. The van der Waals surface area contributed by atoms with E-state index in [9.17, 15) is 0 Å². The highest BCUT2D eigenvalue weighted by Crippen LogP contribution is 2.43. The number of halogens is 1. The van der Waals surface area contributed by atoms with E-state index in [4.69, 9.17) is 33.3 Å². The van der Waals surface area contributed by atoms with Crippen molar-refractivity contribution in [3.05, 3.63) is 107 Å². The number of anilines is 1. The number of para-hydroxylation sites is 1. The summed E-state index contributed by atoms with van der Waals surface area (Å²) in [4.78, 5) is 6.78. The summed E-state index contributed by atoms with van der Waals surface area (Å²) in [7, 11) is 1.64. The Labute approximate surface area is 221 Å². The molecule has 36 heavy (non-hydrogen) atoms. The Kier molecular flexibility index (Phi) is 7.23. The van der Waals surface area contributed by atoms with Gasteiger partial charge in [0.15, 0.2) is 5.11 Å². The van der Waals surface area contributed by atoms with Gasteiger partial charge in [-0.05, 0) is 73.2 Å². The van der Waals surface area contributed by atoms with Gasteiger partial charge >= 0.3 is 0 Å². The molecule has 1 aliphatic heterocycles. The first-order valence-corrected chi connectivity index (χ1v) is 12.5. The molecule has 8 heteroatoms. The Balaban J connectivity index is 1.59. The van der Waals surface area contributed by atoms with Crippen molar-refractivity contribution in [1.82, 2.24) is 14.9 Å². The minimum atomic E-state index is -0.168. The predicted octanol–water partition coefficient (Wildman–Crippen LogP) is 6.04. The third-order valence-electron chi connectivity index (χ3n) is 6.30. The monoisotopic (exact) mass is 518 g/mol. The van der Waals surface area contributed by atoms with Crippen LogP contribution in [-0.2, 0) is 4.74 Å². The number of methoxy groups -OCH3 is 1. The fraction of sp³-hybridized carbons (Fsp3) is 0.214. The van der Waals surface area contributed by atoms with Crippen LogP contribution in [0.5, 0.6) is 5.75 Å². The molecule has 5 rings (SSSR count). The van der Waals surface area contributed by atoms with Crippen molar-refractivity contribution in [1.29, 1.82) is 0 Å². The van der Waals surface area contributed by atoms with Crippen LogP contribution in [0.2, 0.25) is 5.02 Å². The second kappa shape index (κ2) is 10.7. The maximum atomic E-state index is 6.63. The third-order valence-corrected chi connectivity index (χ3v) is 6.90. The molecule has 2 aromatic carbocycles. The largest absolute Gasteiger partial charge is 0.490 e. The average molecular weight is 519 g/mol. The molecule has 0 spiro atoms. The van der Waals surface area contributed by atoms with Gasteiger partial charge in [-0.15, -0.1) is 0 Å². The minimum Gasteiger partial charge on any atom is -0.490 e. The van der Waals surface area contributed by atoms with Crippen LogP contribution in [-0.4, -0.2) is 35.0 Å². The number of nitrogens with zero attached hydrogens (tertiary/aromatic N) is 3. The van der Waals surface area contributed by atoms with E-state index in [0.717, 1.165) is 22.8 Å². The number of hydrogen-bond acceptors (Lipinski definition) is 4. The molecular weight excluding hydrogens is 492 g/mol. The van der Waals surface area contributed by atoms with Gasteiger partial charge < -0.3 is 24.3 Å². The molecule has 6 nitrogen and oxygen atoms in total. The van der Waals surface area contributed by atoms with Gasteiger partial charge in [-0.25, -0.2) is 0 Å². The number of aryl methyl sites for hydroxylation is 1. The van der Waals surface area contributed by atoms with Gasteiger partial charge in [0.05, 0.1) is 23.4 Å². The van der Waals surface area contributed by atoms with E-state index in [0.29, 0.717) is 29.1 Å². The highest BCUT2D eigenvalue weighted by atomic mass is 35.5. The fourth-order valence-electron chi connectivity index (χ4n) is 4.61. The summed E-state index contributed by atoms with van der Waals surface area (Å²) >= 11 is 12.5. The summed E-state index contributed by atoms with van der Waals surface area (Å²) in [6.45, 7) is 3.03. The Morgan fingerprint density at radius 3 is 2.61 bits per heavy atom. The average Bonchev–Trinajstić information content (AvgIpc) is 3.50. The molecule has 0 radical (unpaired) electrons. The van der Waals surface area contributed by atoms with Crippen LogP contribution in [0.3, 0.4) is 0 Å². The molecular formula is C28H27ClN4O2S. The van der Waals surface area contributed by atoms with Crippen LogP contribution in [0.15, 0.2) is 85.2 Å². The zero-order valence-electron chi connectivity index (χ0n) is 20.1. The second-order valence-corrected chi connectivity index (χ2v) is 9.34. The van der Waals surface area contributed by atoms with Crippen molar-refractivity contribution in [3.63, 3.8) is 0 Å². The molecule has 2 atom stereocenters. The Morgan fingerprint density at radius 2 is 1.86 bits per heavy atom. The zero-order valence-corrected chi connectivity index (χ0v) is 21.7. The Morgan fingerprint density at radius 1 is 1.03 bits per heavy atom. The number of ether oxygens (including phenoxy) is 2. The standard InChI is InChI=1S/C28H27ClN4O2S/c1-19-8-3-4-10-23(19)32-15-7-11-24(32)27-26(22-9-5-6-14-30-22)31-28(36)33(27)20-12-13-25(21(29)18-20)35-17-16-34-2/h3-15,18,26-27H,16-17H2,1-2H3,(H,31,36)/t26-,27-/m0/s1. The quantitative estimate of drug-likeness (QED) is 0.227. The van der Waals surface area contributed by atoms with Crippen LogP contribution >= 0.6 is 23.8 Å². The molecule has 4 aromatic rings. The van der Waals surface area contributed by atoms with E-state index in [1.165, 1.54) is 5.56 Å². The number of rotatable bonds is 8. The van der Waals surface area contributed by atoms with Gasteiger partial charge in [-0.2, -0.15) is 0 Å². The van der Waals surface area contributed by atoms with Crippen molar-refractivity contribution < 1.29 is 9.47 Å². The lowest BCUT2D eigenvalue weighted by Crippen LogP contribution is -2.30. The van der Waals surface area contributed by atoms with Crippen molar-refractivity contribution in [2.75, 3.05) is 25.2 Å². The number of hydrogen-bond donors (Lipinski definition) is 1. The number of benzene rings is 2. The number of aromatic nitrogens is 2. The molecule has 1 fully saturated rings. The molecule has 1 N–H and O–H groups in total. The van der Waals surface area contributed by atoms with Crippen molar-refractivity contribution in [3.8, 4) is 11.4 Å². The highest BCUT2D eigenvalue weighted by molar-refractivity contribution is 7.80. The van der Waals surface area contributed by atoms with Crippen LogP contribution < -0.4 is 15.0 Å². The van der Waals surface area contributed by atoms with Gasteiger partial charge in [0.1, 0.15) is 18.4 Å². The summed E-state index contributed by atoms with van der Waals surface area (Å²) < 4.78 is 13.1. The molecule has 0 saturated carbocycles. The van der Waals surface area contributed by atoms with Gasteiger partial charge in [-0.1, -0.05) is 35.9 Å². The van der Waals surface area contributed by atoms with E-state index >= 15 is 0 Å². The normalized spacial score (nSPS) is 17.3. The van der Waals surface area contributed by atoms with Crippen LogP contribution in [0.4, 0.5) is 5.69 Å². The molecule has 3 heterocycles. The molecule has 0 bridgehead atoms. The maximum absolute atomic E-state index is 6.63. The lowest BCUT2D eigenvalue weighted by atomic mass is 10.0. The lowest BCUT2D eigenvalue weighted by molar-refractivity contribution is 0.146. The molecule has 184 valence electrons. The van der Waals surface area contributed by atoms with E-state index in [1.807, 2.05) is 42.6 Å². The molecule has 1 saturated heterocycles. The van der Waals surface area contributed by atoms with Crippen LogP contribution in [0.1, 0.15) is 29.0 Å². The number of thiocarbonyl (C=S) groups is 1. The topological polar surface area (TPSA) is 51.6 Å². The predicted molar refractivity (Wildman–Crippen MR) is 147 cm³/mol. The number of nitrogens with one attached hydrogen (secondary N) is 1. The van der Waals surface area contributed by atoms with Crippen molar-refractivity contribution in [2.45, 2.75) is 19.0 Å². The summed E-state index contributed by atoms with van der Waals surface area (Å²) in [5.74, 6) is 0.608. The van der Waals surface area contributed by atoms with Gasteiger partial charge in [-0.3, -0.25) is 4.98 Å². The van der Waals surface area contributed by atoms with Gasteiger partial charge in [0, 0.05) is 36.6 Å². The smallest absolute Gasteiger partial charge is 0.174 e. The first-order chi connectivity index (χ1) is 17.6. The second-order valence-electron chi connectivity index (χ2n) is 8.54. The summed E-state index contributed by atoms with van der Waals surface area (Å²) in [6.07, 6.45) is 3.90. The molecule has 0 amide bonds. The Bertz CT molecular complexity index is 1360. The summed E-state index contributed by atoms with van der Waals surface area (Å²) in [5.41, 5.74) is 5.18. The van der Waals surface area contributed by atoms with Crippen LogP contribution in [0.25, 0.3) is 5.69 Å². The molecule has 0 unspecified atom stereocenters. The zero-order chi connectivity index (χ0) is 25.1. The van der Waals surface area contributed by atoms with Crippen LogP contribution in [0, 0.1) is 6.92 Å². The summed E-state index contributed by atoms with van der Waals surface area (Å²) in [6, 6.07) is 23.9. The number of pyridine rings is 1. The first-order valence-electron chi connectivity index (χ1n) is 11.7. The van der Waals surface area contributed by atoms with E-state index in [-0.39, 0.29) is 12.1 Å². The Hall–Kier alpha value is -3.39. The highest BCUT2D eigenvalue weighted by Gasteiger charge is 2.42. The molecule has 1 aliphatic rings. The van der Waals surface area contributed by atoms with Gasteiger partial charge in [0.25, 0.3) is 0 Å². The molecule has 0 aliphatic carbocycles. The van der Waals surface area contributed by atoms with Crippen molar-refractivity contribution >= 4 is 34.6 Å². The molecule has 2 aromatic heterocycles. The minimum absolute atomic E-state index is 0.159. The van der Waals surface area contributed by atoms with E-state index < -0.39 is 0 Å². The first kappa shape index (κ1) is 24.3. The SMILES string of the molecule is COCCOc1ccc(N2C(=S)N[C@@H](c3ccccn3)[C@@H]2c2cccn2-c2ccccc2C)cc1Cl. The van der Waals surface area contributed by atoms with Gasteiger partial charge in [0.2, 0.25) is 0 Å². The summed E-state index contributed by atoms with van der Waals surface area (Å²) in [5, 5.41) is 4.64.